The molecular formula is C16H30N4O4. The standard InChI is InChI=1S/C16H30N4O4/c1-4-24-16(22)20-11-8-13(9-12-20)19-15(17-2)18-10-6-5-7-14(21)23-3/h13H,4-12H2,1-3H3,(H2,17,18,19). The summed E-state index contributed by atoms with van der Waals surface area (Å²) in [6.45, 7) is 4.34. The number of carbonyl (C=O) groups is 2. The lowest BCUT2D eigenvalue weighted by molar-refractivity contribution is -0.140. The molecule has 0 bridgehead atoms. The van der Waals surface area contributed by atoms with E-state index in [0.717, 1.165) is 38.2 Å². The van der Waals surface area contributed by atoms with E-state index >= 15 is 0 Å². The zero-order chi connectivity index (χ0) is 17.8. The van der Waals surface area contributed by atoms with Crippen molar-refractivity contribution in [3.05, 3.63) is 0 Å². The molecule has 0 atom stereocenters. The average molecular weight is 342 g/mol. The third-order valence-corrected chi connectivity index (χ3v) is 3.91. The molecule has 0 aromatic heterocycles. The Morgan fingerprint density at radius 2 is 1.96 bits per heavy atom. The van der Waals surface area contributed by atoms with Gasteiger partial charge in [-0.1, -0.05) is 0 Å². The molecule has 138 valence electrons. The second-order valence-electron chi connectivity index (χ2n) is 5.64. The second kappa shape index (κ2) is 11.5. The number of methoxy groups -OCH3 is 1. The first kappa shape index (κ1) is 20.1. The number of ether oxygens (including phenoxy) is 2. The first-order valence-electron chi connectivity index (χ1n) is 8.56. The van der Waals surface area contributed by atoms with Gasteiger partial charge in [-0.2, -0.15) is 0 Å². The molecule has 0 aliphatic carbocycles. The number of rotatable bonds is 7. The summed E-state index contributed by atoms with van der Waals surface area (Å²) in [7, 11) is 3.14. The summed E-state index contributed by atoms with van der Waals surface area (Å²) in [5.74, 6) is 0.577. The Hall–Kier alpha value is -1.99. The number of amides is 1. The minimum absolute atomic E-state index is 0.175. The predicted octanol–water partition coefficient (Wildman–Crippen LogP) is 1.12. The van der Waals surface area contributed by atoms with Gasteiger partial charge in [0.1, 0.15) is 0 Å². The number of carbonyl (C=O) groups excluding carboxylic acids is 2. The molecule has 1 rings (SSSR count). The van der Waals surface area contributed by atoms with Crippen molar-refractivity contribution in [3.63, 3.8) is 0 Å². The van der Waals surface area contributed by atoms with Crippen molar-refractivity contribution in [1.82, 2.24) is 15.5 Å². The number of aliphatic imine (C=N–C) groups is 1. The van der Waals surface area contributed by atoms with Crippen molar-refractivity contribution in [2.45, 2.75) is 45.1 Å². The molecule has 1 fully saturated rings. The molecule has 8 nitrogen and oxygen atoms in total. The van der Waals surface area contributed by atoms with Gasteiger partial charge in [0.05, 0.1) is 13.7 Å². The highest BCUT2D eigenvalue weighted by Crippen LogP contribution is 2.11. The number of nitrogens with one attached hydrogen (secondary N) is 2. The SMILES string of the molecule is CCOC(=O)N1CCC(NC(=NC)NCCCCC(=O)OC)CC1. The fraction of sp³-hybridized carbons (Fsp3) is 0.812. The van der Waals surface area contributed by atoms with E-state index in [1.165, 1.54) is 7.11 Å². The van der Waals surface area contributed by atoms with E-state index < -0.39 is 0 Å². The van der Waals surface area contributed by atoms with Gasteiger partial charge in [-0.05, 0) is 32.6 Å². The first-order valence-corrected chi connectivity index (χ1v) is 8.56. The third kappa shape index (κ3) is 7.52. The number of esters is 1. The Bertz CT molecular complexity index is 420. The lowest BCUT2D eigenvalue weighted by atomic mass is 10.1. The summed E-state index contributed by atoms with van der Waals surface area (Å²) in [4.78, 5) is 28.7. The quantitative estimate of drug-likeness (QED) is 0.312. The van der Waals surface area contributed by atoms with E-state index in [1.807, 2.05) is 6.92 Å². The van der Waals surface area contributed by atoms with Gasteiger partial charge in [0.25, 0.3) is 0 Å². The van der Waals surface area contributed by atoms with Crippen LogP contribution in [0, 0.1) is 0 Å². The van der Waals surface area contributed by atoms with Crippen molar-refractivity contribution < 1.29 is 19.1 Å². The molecule has 1 aliphatic heterocycles. The average Bonchev–Trinajstić information content (AvgIpc) is 2.60. The van der Waals surface area contributed by atoms with Gasteiger partial charge in [-0.15, -0.1) is 0 Å². The molecule has 0 spiro atoms. The second-order valence-corrected chi connectivity index (χ2v) is 5.64. The van der Waals surface area contributed by atoms with E-state index in [-0.39, 0.29) is 18.1 Å². The van der Waals surface area contributed by atoms with Crippen LogP contribution in [0.2, 0.25) is 0 Å². The topological polar surface area (TPSA) is 92.3 Å². The normalized spacial score (nSPS) is 15.8. The van der Waals surface area contributed by atoms with Crippen molar-refractivity contribution in [2.24, 2.45) is 4.99 Å². The highest BCUT2D eigenvalue weighted by atomic mass is 16.6. The van der Waals surface area contributed by atoms with Crippen LogP contribution in [-0.2, 0) is 14.3 Å². The van der Waals surface area contributed by atoms with Gasteiger partial charge in [-0.25, -0.2) is 4.79 Å². The lowest BCUT2D eigenvalue weighted by Crippen LogP contribution is -2.50. The Labute approximate surface area is 144 Å². The Kier molecular flexibility index (Phi) is 9.64. The Morgan fingerprint density at radius 1 is 1.25 bits per heavy atom. The highest BCUT2D eigenvalue weighted by Gasteiger charge is 2.23. The molecule has 0 radical (unpaired) electrons. The molecule has 1 heterocycles. The van der Waals surface area contributed by atoms with Gasteiger partial charge in [-0.3, -0.25) is 9.79 Å². The molecule has 1 aliphatic rings. The van der Waals surface area contributed by atoms with Crippen LogP contribution in [0.1, 0.15) is 39.0 Å². The first-order chi connectivity index (χ1) is 11.6. The van der Waals surface area contributed by atoms with E-state index in [2.05, 4.69) is 20.4 Å². The smallest absolute Gasteiger partial charge is 0.409 e. The van der Waals surface area contributed by atoms with Crippen molar-refractivity contribution in [1.29, 1.82) is 0 Å². The van der Waals surface area contributed by atoms with E-state index in [9.17, 15) is 9.59 Å². The van der Waals surface area contributed by atoms with Gasteiger partial charge >= 0.3 is 12.1 Å². The maximum Gasteiger partial charge on any atom is 0.409 e. The Morgan fingerprint density at radius 3 is 2.54 bits per heavy atom. The maximum absolute atomic E-state index is 11.7. The fourth-order valence-corrected chi connectivity index (χ4v) is 2.51. The van der Waals surface area contributed by atoms with Crippen LogP contribution in [0.5, 0.6) is 0 Å². The van der Waals surface area contributed by atoms with E-state index in [4.69, 9.17) is 4.74 Å². The molecular weight excluding hydrogens is 312 g/mol. The number of nitrogens with zero attached hydrogens (tertiary/aromatic N) is 2. The maximum atomic E-state index is 11.7. The molecule has 0 unspecified atom stereocenters. The molecule has 1 amide bonds. The number of hydrogen-bond acceptors (Lipinski definition) is 5. The van der Waals surface area contributed by atoms with Crippen LogP contribution in [0.3, 0.4) is 0 Å². The van der Waals surface area contributed by atoms with Crippen molar-refractivity contribution in [3.8, 4) is 0 Å². The lowest BCUT2D eigenvalue weighted by Gasteiger charge is -2.32. The summed E-state index contributed by atoms with van der Waals surface area (Å²) in [5.41, 5.74) is 0. The highest BCUT2D eigenvalue weighted by molar-refractivity contribution is 5.80. The van der Waals surface area contributed by atoms with Crippen LogP contribution < -0.4 is 10.6 Å². The van der Waals surface area contributed by atoms with E-state index in [1.54, 1.807) is 11.9 Å². The van der Waals surface area contributed by atoms with Crippen molar-refractivity contribution in [2.75, 3.05) is 40.4 Å². The fourth-order valence-electron chi connectivity index (χ4n) is 2.51. The minimum Gasteiger partial charge on any atom is -0.469 e. The molecule has 2 N–H and O–H groups in total. The van der Waals surface area contributed by atoms with Gasteiger partial charge in [0.2, 0.25) is 0 Å². The molecule has 8 heteroatoms. The number of piperidine rings is 1. The van der Waals surface area contributed by atoms with Crippen LogP contribution in [0.15, 0.2) is 4.99 Å². The summed E-state index contributed by atoms with van der Waals surface area (Å²) < 4.78 is 9.63. The predicted molar refractivity (Wildman–Crippen MR) is 92.0 cm³/mol. The van der Waals surface area contributed by atoms with E-state index in [0.29, 0.717) is 26.1 Å². The molecule has 0 aromatic rings. The monoisotopic (exact) mass is 342 g/mol. The summed E-state index contributed by atoms with van der Waals surface area (Å²) in [5, 5.41) is 6.62. The molecule has 1 saturated heterocycles. The van der Waals surface area contributed by atoms with Crippen LogP contribution >= 0.6 is 0 Å². The van der Waals surface area contributed by atoms with Crippen LogP contribution in [0.25, 0.3) is 0 Å². The number of likely N-dealkylation sites (tertiary alicyclic amines) is 1. The third-order valence-electron chi connectivity index (χ3n) is 3.91. The van der Waals surface area contributed by atoms with Gasteiger partial charge in [0.15, 0.2) is 5.96 Å². The van der Waals surface area contributed by atoms with Crippen LogP contribution in [0.4, 0.5) is 4.79 Å². The number of unbranched alkanes of at least 4 members (excludes halogenated alkanes) is 1. The molecule has 24 heavy (non-hydrogen) atoms. The number of guanidine groups is 1. The summed E-state index contributed by atoms with van der Waals surface area (Å²) in [6.07, 6.45) is 3.59. The molecule has 0 aromatic carbocycles. The summed E-state index contributed by atoms with van der Waals surface area (Å²) >= 11 is 0. The van der Waals surface area contributed by atoms with Gasteiger partial charge in [0, 0.05) is 39.1 Å². The van der Waals surface area contributed by atoms with Crippen LogP contribution in [-0.4, -0.2) is 69.4 Å². The molecule has 0 saturated carbocycles. The van der Waals surface area contributed by atoms with Gasteiger partial charge < -0.3 is 25.0 Å². The Balaban J connectivity index is 2.20. The number of hydrogen-bond donors (Lipinski definition) is 2. The zero-order valence-corrected chi connectivity index (χ0v) is 15.0. The van der Waals surface area contributed by atoms with Crippen molar-refractivity contribution >= 4 is 18.0 Å². The minimum atomic E-state index is -0.232. The summed E-state index contributed by atoms with van der Waals surface area (Å²) in [6, 6.07) is 0.289. The zero-order valence-electron chi connectivity index (χ0n) is 15.0. The largest absolute Gasteiger partial charge is 0.469 e.